The number of carboxylic acids is 1. The molecular formula is C12H16BrNO4S. The molecule has 1 atom stereocenters. The van der Waals surface area contributed by atoms with Crippen LogP contribution in [0, 0.1) is 5.92 Å². The average molecular weight is 350 g/mol. The summed E-state index contributed by atoms with van der Waals surface area (Å²) >= 11 is 3.18. The Bertz CT molecular complexity index is 557. The molecule has 0 fully saturated rings. The van der Waals surface area contributed by atoms with Gasteiger partial charge in [-0.3, -0.25) is 4.79 Å². The molecule has 0 amide bonds. The van der Waals surface area contributed by atoms with Gasteiger partial charge in [0.05, 0.1) is 4.90 Å². The quantitative estimate of drug-likeness (QED) is 0.824. The van der Waals surface area contributed by atoms with E-state index in [0.717, 1.165) is 0 Å². The van der Waals surface area contributed by atoms with Crippen molar-refractivity contribution >= 4 is 31.9 Å². The summed E-state index contributed by atoms with van der Waals surface area (Å²) < 4.78 is 27.0. The molecule has 1 aromatic carbocycles. The molecule has 0 aliphatic carbocycles. The first-order chi connectivity index (χ1) is 8.72. The molecule has 0 aliphatic heterocycles. The van der Waals surface area contributed by atoms with Gasteiger partial charge in [-0.15, -0.1) is 0 Å². The van der Waals surface area contributed by atoms with Crippen LogP contribution in [-0.4, -0.2) is 25.5 Å². The van der Waals surface area contributed by atoms with E-state index >= 15 is 0 Å². The van der Waals surface area contributed by atoms with E-state index in [1.165, 1.54) is 12.1 Å². The standard InChI is InChI=1S/C12H16BrNO4S/c1-8(2)6-11(12(15)16)14-19(17,18)10-5-3-4-9(13)7-10/h3-5,7-8,11,14H,6H2,1-2H3,(H,15,16)/t11-/m1/s1. The van der Waals surface area contributed by atoms with Gasteiger partial charge in [0.1, 0.15) is 6.04 Å². The Morgan fingerprint density at radius 2 is 2.05 bits per heavy atom. The van der Waals surface area contributed by atoms with E-state index in [2.05, 4.69) is 20.7 Å². The maximum Gasteiger partial charge on any atom is 0.321 e. The van der Waals surface area contributed by atoms with Gasteiger partial charge < -0.3 is 5.11 Å². The summed E-state index contributed by atoms with van der Waals surface area (Å²) in [5.74, 6) is -1.10. The van der Waals surface area contributed by atoms with Gasteiger partial charge >= 0.3 is 5.97 Å². The molecule has 0 bridgehead atoms. The van der Waals surface area contributed by atoms with E-state index in [1.807, 2.05) is 13.8 Å². The van der Waals surface area contributed by atoms with Gasteiger partial charge in [0.2, 0.25) is 10.0 Å². The van der Waals surface area contributed by atoms with Gasteiger partial charge in [0.15, 0.2) is 0 Å². The van der Waals surface area contributed by atoms with Crippen LogP contribution in [0.5, 0.6) is 0 Å². The molecule has 0 heterocycles. The third kappa shape index (κ3) is 4.93. The molecule has 106 valence electrons. The number of benzene rings is 1. The first kappa shape index (κ1) is 16.1. The van der Waals surface area contributed by atoms with Crippen LogP contribution < -0.4 is 4.72 Å². The first-order valence-electron chi connectivity index (χ1n) is 5.73. The molecule has 0 saturated carbocycles. The molecule has 19 heavy (non-hydrogen) atoms. The maximum absolute atomic E-state index is 12.1. The number of aliphatic carboxylic acids is 1. The fourth-order valence-corrected chi connectivity index (χ4v) is 3.36. The normalized spacial score (nSPS) is 13.5. The molecule has 1 aromatic rings. The predicted octanol–water partition coefficient (Wildman–Crippen LogP) is 2.23. The van der Waals surface area contributed by atoms with Crippen molar-refractivity contribution in [2.75, 3.05) is 0 Å². The summed E-state index contributed by atoms with van der Waals surface area (Å²) in [6.45, 7) is 3.67. The van der Waals surface area contributed by atoms with Crippen LogP contribution in [0.3, 0.4) is 0 Å². The number of halogens is 1. The lowest BCUT2D eigenvalue weighted by Crippen LogP contribution is -2.41. The molecule has 5 nitrogen and oxygen atoms in total. The molecule has 0 radical (unpaired) electrons. The Hall–Kier alpha value is -0.920. The molecule has 0 aliphatic rings. The van der Waals surface area contributed by atoms with Crippen molar-refractivity contribution in [3.05, 3.63) is 28.7 Å². The molecule has 2 N–H and O–H groups in total. The van der Waals surface area contributed by atoms with Gasteiger partial charge in [-0.05, 0) is 30.5 Å². The molecule has 0 saturated heterocycles. The van der Waals surface area contributed by atoms with Crippen LogP contribution in [0.4, 0.5) is 0 Å². The predicted molar refractivity (Wildman–Crippen MR) is 75.3 cm³/mol. The second-order valence-electron chi connectivity index (χ2n) is 4.60. The second-order valence-corrected chi connectivity index (χ2v) is 7.23. The number of carboxylic acid groups (broad SMARTS) is 1. The molecule has 0 spiro atoms. The number of hydrogen-bond acceptors (Lipinski definition) is 3. The monoisotopic (exact) mass is 349 g/mol. The minimum Gasteiger partial charge on any atom is -0.480 e. The van der Waals surface area contributed by atoms with Crippen molar-refractivity contribution in [1.29, 1.82) is 0 Å². The Morgan fingerprint density at radius 1 is 1.42 bits per heavy atom. The van der Waals surface area contributed by atoms with Crippen LogP contribution in [0.25, 0.3) is 0 Å². The minimum atomic E-state index is -3.83. The second kappa shape index (κ2) is 6.49. The number of sulfonamides is 1. The highest BCUT2D eigenvalue weighted by molar-refractivity contribution is 9.10. The third-order valence-electron chi connectivity index (χ3n) is 2.41. The zero-order valence-corrected chi connectivity index (χ0v) is 13.0. The van der Waals surface area contributed by atoms with Crippen molar-refractivity contribution in [3.63, 3.8) is 0 Å². The summed E-state index contributed by atoms with van der Waals surface area (Å²) in [7, 11) is -3.83. The fourth-order valence-electron chi connectivity index (χ4n) is 1.56. The van der Waals surface area contributed by atoms with Gasteiger partial charge in [-0.25, -0.2) is 8.42 Å². The molecular weight excluding hydrogens is 334 g/mol. The summed E-state index contributed by atoms with van der Waals surface area (Å²) in [4.78, 5) is 11.1. The van der Waals surface area contributed by atoms with Gasteiger partial charge in [0, 0.05) is 4.47 Å². The van der Waals surface area contributed by atoms with Gasteiger partial charge in [-0.2, -0.15) is 4.72 Å². The highest BCUT2D eigenvalue weighted by atomic mass is 79.9. The number of nitrogens with one attached hydrogen (secondary N) is 1. The van der Waals surface area contributed by atoms with Gasteiger partial charge in [0.25, 0.3) is 0 Å². The smallest absolute Gasteiger partial charge is 0.321 e. The zero-order valence-electron chi connectivity index (χ0n) is 10.6. The Labute approximate surface area is 121 Å². The number of hydrogen-bond donors (Lipinski definition) is 2. The van der Waals surface area contributed by atoms with Crippen molar-refractivity contribution in [2.24, 2.45) is 5.92 Å². The van der Waals surface area contributed by atoms with Crippen LogP contribution in [-0.2, 0) is 14.8 Å². The van der Waals surface area contributed by atoms with E-state index in [1.54, 1.807) is 12.1 Å². The zero-order chi connectivity index (χ0) is 14.6. The summed E-state index contributed by atoms with van der Waals surface area (Å²) in [5, 5.41) is 9.05. The van der Waals surface area contributed by atoms with E-state index in [-0.39, 0.29) is 17.2 Å². The summed E-state index contributed by atoms with van der Waals surface area (Å²) in [6.07, 6.45) is 0.239. The average Bonchev–Trinajstić information content (AvgIpc) is 2.27. The first-order valence-corrected chi connectivity index (χ1v) is 8.00. The van der Waals surface area contributed by atoms with Crippen molar-refractivity contribution in [1.82, 2.24) is 4.72 Å². The highest BCUT2D eigenvalue weighted by Crippen LogP contribution is 2.17. The fraction of sp³-hybridized carbons (Fsp3) is 0.417. The third-order valence-corrected chi connectivity index (χ3v) is 4.37. The van der Waals surface area contributed by atoms with E-state index in [0.29, 0.717) is 4.47 Å². The van der Waals surface area contributed by atoms with Crippen LogP contribution in [0.1, 0.15) is 20.3 Å². The molecule has 7 heteroatoms. The Morgan fingerprint density at radius 3 is 2.53 bits per heavy atom. The van der Waals surface area contributed by atoms with Gasteiger partial charge in [-0.1, -0.05) is 35.8 Å². The summed E-state index contributed by atoms with van der Waals surface area (Å²) in [6, 6.07) is 5.00. The number of carbonyl (C=O) groups is 1. The lowest BCUT2D eigenvalue weighted by Gasteiger charge is -2.16. The van der Waals surface area contributed by atoms with Crippen LogP contribution >= 0.6 is 15.9 Å². The van der Waals surface area contributed by atoms with Crippen molar-refractivity contribution in [3.8, 4) is 0 Å². The molecule has 0 aromatic heterocycles. The largest absolute Gasteiger partial charge is 0.480 e. The lowest BCUT2D eigenvalue weighted by molar-refractivity contribution is -0.139. The van der Waals surface area contributed by atoms with E-state index in [9.17, 15) is 13.2 Å². The lowest BCUT2D eigenvalue weighted by atomic mass is 10.1. The highest BCUT2D eigenvalue weighted by Gasteiger charge is 2.26. The Balaban J connectivity index is 2.97. The summed E-state index contributed by atoms with van der Waals surface area (Å²) in [5.41, 5.74) is 0. The molecule has 1 rings (SSSR count). The van der Waals surface area contributed by atoms with Crippen molar-refractivity contribution < 1.29 is 18.3 Å². The maximum atomic E-state index is 12.1. The van der Waals surface area contributed by atoms with E-state index in [4.69, 9.17) is 5.11 Å². The topological polar surface area (TPSA) is 83.5 Å². The van der Waals surface area contributed by atoms with Crippen LogP contribution in [0.15, 0.2) is 33.6 Å². The van der Waals surface area contributed by atoms with Crippen LogP contribution in [0.2, 0.25) is 0 Å². The molecule has 0 unspecified atom stereocenters. The SMILES string of the molecule is CC(C)C[C@@H](NS(=O)(=O)c1cccc(Br)c1)C(=O)O. The number of rotatable bonds is 6. The Kier molecular flexibility index (Phi) is 5.51. The van der Waals surface area contributed by atoms with E-state index < -0.39 is 22.0 Å². The minimum absolute atomic E-state index is 0.0388. The van der Waals surface area contributed by atoms with Crippen molar-refractivity contribution in [2.45, 2.75) is 31.2 Å².